The molecular weight excluding hydrogens is 374 g/mol. The molecule has 6 nitrogen and oxygen atoms in total. The van der Waals surface area contributed by atoms with Crippen molar-refractivity contribution in [2.75, 3.05) is 31.6 Å². The molecule has 0 aliphatic carbocycles. The summed E-state index contributed by atoms with van der Waals surface area (Å²) in [4.78, 5) is 19.4. The molecule has 0 spiro atoms. The maximum Gasteiger partial charge on any atom is 0.180 e. The second-order valence-electron chi connectivity index (χ2n) is 8.02. The molecule has 2 aliphatic rings. The van der Waals surface area contributed by atoms with Crippen LogP contribution in [0.1, 0.15) is 29.7 Å². The smallest absolute Gasteiger partial charge is 0.180 e. The molecule has 6 heteroatoms. The average molecular weight is 402 g/mol. The van der Waals surface area contributed by atoms with Gasteiger partial charge in [-0.3, -0.25) is 9.88 Å². The second kappa shape index (κ2) is 8.40. The minimum absolute atomic E-state index is 0.748. The van der Waals surface area contributed by atoms with Crippen molar-refractivity contribution in [1.82, 2.24) is 19.9 Å². The van der Waals surface area contributed by atoms with Crippen molar-refractivity contribution in [2.45, 2.75) is 32.4 Å². The summed E-state index contributed by atoms with van der Waals surface area (Å²) in [5.74, 6) is 2.76. The van der Waals surface area contributed by atoms with Gasteiger partial charge in [0, 0.05) is 50.9 Å². The predicted octanol–water partition coefficient (Wildman–Crippen LogP) is 3.71. The molecular formula is C24H27N5O. The van der Waals surface area contributed by atoms with E-state index in [0.29, 0.717) is 0 Å². The Morgan fingerprint density at radius 1 is 1.00 bits per heavy atom. The van der Waals surface area contributed by atoms with Crippen LogP contribution in [-0.2, 0) is 19.5 Å². The maximum atomic E-state index is 5.39. The van der Waals surface area contributed by atoms with Gasteiger partial charge in [-0.1, -0.05) is 18.2 Å². The van der Waals surface area contributed by atoms with E-state index in [1.165, 1.54) is 29.7 Å². The van der Waals surface area contributed by atoms with Crippen molar-refractivity contribution in [3.05, 3.63) is 65.5 Å². The summed E-state index contributed by atoms with van der Waals surface area (Å²) in [6.07, 6.45) is 5.20. The monoisotopic (exact) mass is 401 g/mol. The van der Waals surface area contributed by atoms with E-state index in [0.717, 1.165) is 62.2 Å². The fraction of sp³-hybridized carbons (Fsp3) is 0.375. The van der Waals surface area contributed by atoms with Gasteiger partial charge in [-0.15, -0.1) is 0 Å². The Morgan fingerprint density at radius 2 is 1.90 bits per heavy atom. The third-order valence-electron chi connectivity index (χ3n) is 5.96. The van der Waals surface area contributed by atoms with Crippen molar-refractivity contribution in [2.24, 2.45) is 0 Å². The van der Waals surface area contributed by atoms with Crippen molar-refractivity contribution in [3.8, 4) is 17.3 Å². The zero-order chi connectivity index (χ0) is 20.3. The summed E-state index contributed by atoms with van der Waals surface area (Å²) in [6, 6.07) is 14.3. The Bertz CT molecular complexity index is 1020. The predicted molar refractivity (Wildman–Crippen MR) is 118 cm³/mol. The molecule has 0 saturated carbocycles. The summed E-state index contributed by atoms with van der Waals surface area (Å²) < 4.78 is 5.39. The van der Waals surface area contributed by atoms with Crippen molar-refractivity contribution < 1.29 is 4.74 Å². The molecule has 1 fully saturated rings. The van der Waals surface area contributed by atoms with Gasteiger partial charge in [0.25, 0.3) is 0 Å². The highest BCUT2D eigenvalue weighted by molar-refractivity contribution is 5.58. The van der Waals surface area contributed by atoms with Crippen molar-refractivity contribution >= 4 is 5.82 Å². The van der Waals surface area contributed by atoms with Crippen LogP contribution < -0.4 is 9.64 Å². The number of nitrogens with zero attached hydrogens (tertiary/aromatic N) is 5. The lowest BCUT2D eigenvalue weighted by Crippen LogP contribution is -2.33. The van der Waals surface area contributed by atoms with Crippen LogP contribution in [0.2, 0.25) is 0 Å². The Morgan fingerprint density at radius 3 is 2.70 bits per heavy atom. The molecule has 0 N–H and O–H groups in total. The first-order valence-corrected chi connectivity index (χ1v) is 10.7. The number of benzene rings is 1. The van der Waals surface area contributed by atoms with E-state index in [9.17, 15) is 0 Å². The molecule has 4 heterocycles. The van der Waals surface area contributed by atoms with Gasteiger partial charge in [0.15, 0.2) is 5.82 Å². The molecule has 3 aromatic rings. The molecule has 0 amide bonds. The van der Waals surface area contributed by atoms with Crippen LogP contribution >= 0.6 is 0 Å². The van der Waals surface area contributed by atoms with Crippen molar-refractivity contribution in [1.29, 1.82) is 0 Å². The first-order chi connectivity index (χ1) is 14.8. The first-order valence-electron chi connectivity index (χ1n) is 10.7. The summed E-state index contributed by atoms with van der Waals surface area (Å²) in [5.41, 5.74) is 4.58. The molecule has 2 aliphatic heterocycles. The van der Waals surface area contributed by atoms with Gasteiger partial charge in [-0.05, 0) is 42.7 Å². The van der Waals surface area contributed by atoms with E-state index >= 15 is 0 Å². The Balaban J connectivity index is 1.46. The highest BCUT2D eigenvalue weighted by Gasteiger charge is 2.27. The van der Waals surface area contributed by atoms with Crippen LogP contribution in [0.5, 0.6) is 5.75 Å². The fourth-order valence-electron chi connectivity index (χ4n) is 4.42. The lowest BCUT2D eigenvalue weighted by Gasteiger charge is -2.31. The highest BCUT2D eigenvalue weighted by atomic mass is 16.5. The molecule has 30 heavy (non-hydrogen) atoms. The topological polar surface area (TPSA) is 54.4 Å². The lowest BCUT2D eigenvalue weighted by atomic mass is 10.0. The van der Waals surface area contributed by atoms with Gasteiger partial charge in [-0.2, -0.15) is 0 Å². The Kier molecular flexibility index (Phi) is 5.32. The molecule has 0 unspecified atom stereocenters. The van der Waals surface area contributed by atoms with E-state index in [1.54, 1.807) is 7.11 Å². The van der Waals surface area contributed by atoms with Gasteiger partial charge >= 0.3 is 0 Å². The number of ether oxygens (including phenoxy) is 1. The number of anilines is 1. The van der Waals surface area contributed by atoms with Gasteiger partial charge in [0.2, 0.25) is 0 Å². The summed E-state index contributed by atoms with van der Waals surface area (Å²) in [7, 11) is 1.72. The molecule has 5 rings (SSSR count). The maximum absolute atomic E-state index is 5.39. The quantitative estimate of drug-likeness (QED) is 0.650. The van der Waals surface area contributed by atoms with Gasteiger partial charge in [0.05, 0.1) is 12.8 Å². The zero-order valence-electron chi connectivity index (χ0n) is 17.4. The average Bonchev–Trinajstić information content (AvgIpc) is 3.34. The van der Waals surface area contributed by atoms with E-state index in [2.05, 4.69) is 33.0 Å². The first kappa shape index (κ1) is 19.0. The molecule has 0 radical (unpaired) electrons. The van der Waals surface area contributed by atoms with E-state index in [4.69, 9.17) is 14.7 Å². The van der Waals surface area contributed by atoms with Crippen LogP contribution in [0.15, 0.2) is 48.7 Å². The number of aromatic nitrogens is 3. The highest BCUT2D eigenvalue weighted by Crippen LogP contribution is 2.31. The van der Waals surface area contributed by atoms with Gasteiger partial charge < -0.3 is 9.64 Å². The SMILES string of the molecule is COc1cccc(CN2CCc3nc(-c4ccccn4)nc(N4CCCC4)c3C2)c1. The number of methoxy groups -OCH3 is 1. The molecule has 1 saturated heterocycles. The Hall–Kier alpha value is -2.99. The molecule has 0 bridgehead atoms. The number of fused-ring (bicyclic) bond motifs is 1. The third kappa shape index (κ3) is 3.87. The summed E-state index contributed by atoms with van der Waals surface area (Å²) in [6.45, 7) is 4.91. The minimum Gasteiger partial charge on any atom is -0.497 e. The third-order valence-corrected chi connectivity index (χ3v) is 5.96. The minimum atomic E-state index is 0.748. The molecule has 1 aromatic carbocycles. The van der Waals surface area contributed by atoms with Crippen LogP contribution in [-0.4, -0.2) is 46.6 Å². The second-order valence-corrected chi connectivity index (χ2v) is 8.02. The molecule has 2 aromatic heterocycles. The lowest BCUT2D eigenvalue weighted by molar-refractivity contribution is 0.243. The van der Waals surface area contributed by atoms with Gasteiger partial charge in [-0.25, -0.2) is 9.97 Å². The van der Waals surface area contributed by atoms with Crippen LogP contribution in [0.3, 0.4) is 0 Å². The zero-order valence-corrected chi connectivity index (χ0v) is 17.4. The van der Waals surface area contributed by atoms with Crippen LogP contribution in [0.25, 0.3) is 11.5 Å². The van der Waals surface area contributed by atoms with Crippen molar-refractivity contribution in [3.63, 3.8) is 0 Å². The Labute approximate surface area is 177 Å². The number of pyridine rings is 1. The number of hydrogen-bond acceptors (Lipinski definition) is 6. The largest absolute Gasteiger partial charge is 0.497 e. The van der Waals surface area contributed by atoms with E-state index in [1.807, 2.05) is 30.5 Å². The van der Waals surface area contributed by atoms with Gasteiger partial charge in [0.1, 0.15) is 17.3 Å². The molecule has 0 atom stereocenters. The summed E-state index contributed by atoms with van der Waals surface area (Å²) in [5, 5.41) is 0. The normalized spacial score (nSPS) is 16.5. The van der Waals surface area contributed by atoms with Crippen LogP contribution in [0.4, 0.5) is 5.82 Å². The fourth-order valence-corrected chi connectivity index (χ4v) is 4.42. The number of rotatable bonds is 5. The van der Waals surface area contributed by atoms with E-state index < -0.39 is 0 Å². The summed E-state index contributed by atoms with van der Waals surface area (Å²) >= 11 is 0. The van der Waals surface area contributed by atoms with E-state index in [-0.39, 0.29) is 0 Å². The standard InChI is InChI=1S/C24H27N5O/c1-30-19-8-6-7-18(15-19)16-28-14-10-21-20(17-28)24(29-12-4-5-13-29)27-23(26-21)22-9-2-3-11-25-22/h2-3,6-9,11,15H,4-5,10,12-14,16-17H2,1H3. The molecule has 154 valence electrons. The van der Waals surface area contributed by atoms with Crippen LogP contribution in [0, 0.1) is 0 Å². The number of hydrogen-bond donors (Lipinski definition) is 0.